The Morgan fingerprint density at radius 1 is 1.26 bits per heavy atom. The van der Waals surface area contributed by atoms with Crippen LogP contribution in [-0.2, 0) is 0 Å². The second kappa shape index (κ2) is 6.31. The van der Waals surface area contributed by atoms with Crippen LogP contribution in [0.15, 0.2) is 24.4 Å². The highest BCUT2D eigenvalue weighted by Gasteiger charge is 2.39. The van der Waals surface area contributed by atoms with E-state index < -0.39 is 0 Å². The van der Waals surface area contributed by atoms with Crippen LogP contribution in [0.5, 0.6) is 0 Å². The van der Waals surface area contributed by atoms with Crippen LogP contribution in [0.25, 0.3) is 0 Å². The summed E-state index contributed by atoms with van der Waals surface area (Å²) < 4.78 is 0. The molecule has 4 nitrogen and oxygen atoms in total. The number of fused-ring (bicyclic) bond motifs is 1. The second-order valence-electron chi connectivity index (χ2n) is 8.06. The molecule has 2 unspecified atom stereocenters. The zero-order chi connectivity index (χ0) is 16.6. The highest BCUT2D eigenvalue weighted by atomic mass is 35.5. The van der Waals surface area contributed by atoms with Crippen LogP contribution in [0.1, 0.15) is 40.0 Å². The van der Waals surface area contributed by atoms with E-state index in [2.05, 4.69) is 47.3 Å². The number of piperidine rings is 1. The third-order valence-corrected chi connectivity index (χ3v) is 5.16. The molecule has 1 aromatic heterocycles. The molecule has 1 aromatic rings. The molecule has 3 rings (SSSR count). The maximum atomic E-state index is 5.87. The van der Waals surface area contributed by atoms with E-state index in [1.54, 1.807) is 0 Å². The topological polar surface area (TPSA) is 32.3 Å². The van der Waals surface area contributed by atoms with Crippen molar-refractivity contribution in [1.82, 2.24) is 15.1 Å². The standard InChI is InChI=1S/C18H27ClN4/c1-13(11-18(2,3)4)22-9-7-14-8-10-23(15(14)12-22)17-6-5-16(19)20-21-17/h5-6,14-15H,1,7-12H2,2-4H3. The first-order chi connectivity index (χ1) is 10.8. The molecule has 2 fully saturated rings. The van der Waals surface area contributed by atoms with Gasteiger partial charge in [-0.05, 0) is 42.7 Å². The lowest BCUT2D eigenvalue weighted by Crippen LogP contribution is -2.48. The maximum Gasteiger partial charge on any atom is 0.151 e. The molecule has 0 N–H and O–H groups in total. The van der Waals surface area contributed by atoms with Crippen LogP contribution >= 0.6 is 11.6 Å². The second-order valence-corrected chi connectivity index (χ2v) is 8.45. The normalized spacial score (nSPS) is 24.7. The minimum absolute atomic E-state index is 0.283. The number of aromatic nitrogens is 2. The summed E-state index contributed by atoms with van der Waals surface area (Å²) in [6, 6.07) is 4.33. The SMILES string of the molecule is C=C(CC(C)(C)C)N1CCC2CCN(c3ccc(Cl)nn3)C2C1. The fourth-order valence-electron chi connectivity index (χ4n) is 3.90. The van der Waals surface area contributed by atoms with Crippen molar-refractivity contribution in [2.24, 2.45) is 11.3 Å². The summed E-state index contributed by atoms with van der Waals surface area (Å²) in [5, 5.41) is 8.74. The lowest BCUT2D eigenvalue weighted by atomic mass is 9.88. The number of allylic oxidation sites excluding steroid dienone is 1. The molecule has 0 amide bonds. The van der Waals surface area contributed by atoms with Crippen LogP contribution in [0.4, 0.5) is 5.82 Å². The third-order valence-electron chi connectivity index (χ3n) is 4.96. The van der Waals surface area contributed by atoms with Gasteiger partial charge in [-0.15, -0.1) is 10.2 Å². The number of anilines is 1. The van der Waals surface area contributed by atoms with Gasteiger partial charge < -0.3 is 9.80 Å². The molecule has 0 saturated carbocycles. The number of hydrogen-bond acceptors (Lipinski definition) is 4. The Morgan fingerprint density at radius 3 is 2.65 bits per heavy atom. The molecule has 5 heteroatoms. The Bertz CT molecular complexity index is 563. The summed E-state index contributed by atoms with van der Waals surface area (Å²) in [6.07, 6.45) is 3.53. The van der Waals surface area contributed by atoms with Gasteiger partial charge in [-0.1, -0.05) is 39.0 Å². The van der Waals surface area contributed by atoms with Gasteiger partial charge >= 0.3 is 0 Å². The number of rotatable bonds is 3. The fraction of sp³-hybridized carbons (Fsp3) is 0.667. The van der Waals surface area contributed by atoms with E-state index >= 15 is 0 Å². The number of likely N-dealkylation sites (tertiary alicyclic amines) is 1. The van der Waals surface area contributed by atoms with E-state index in [0.717, 1.165) is 37.8 Å². The molecule has 2 aliphatic heterocycles. The Morgan fingerprint density at radius 2 is 2.00 bits per heavy atom. The van der Waals surface area contributed by atoms with E-state index in [1.807, 2.05) is 12.1 Å². The number of nitrogens with zero attached hydrogens (tertiary/aromatic N) is 4. The fourth-order valence-corrected chi connectivity index (χ4v) is 4.00. The van der Waals surface area contributed by atoms with Crippen molar-refractivity contribution >= 4 is 17.4 Å². The number of halogens is 1. The van der Waals surface area contributed by atoms with Crippen molar-refractivity contribution in [2.75, 3.05) is 24.5 Å². The molecular formula is C18H27ClN4. The highest BCUT2D eigenvalue weighted by molar-refractivity contribution is 6.29. The van der Waals surface area contributed by atoms with Crippen molar-refractivity contribution in [3.63, 3.8) is 0 Å². The van der Waals surface area contributed by atoms with Crippen molar-refractivity contribution in [3.8, 4) is 0 Å². The summed E-state index contributed by atoms with van der Waals surface area (Å²) in [6.45, 7) is 14.4. The van der Waals surface area contributed by atoms with E-state index in [0.29, 0.717) is 11.2 Å². The summed E-state index contributed by atoms with van der Waals surface area (Å²) in [5.74, 6) is 1.70. The van der Waals surface area contributed by atoms with E-state index in [4.69, 9.17) is 11.6 Å². The van der Waals surface area contributed by atoms with Gasteiger partial charge in [0.2, 0.25) is 0 Å². The molecule has 0 radical (unpaired) electrons. The third kappa shape index (κ3) is 3.79. The van der Waals surface area contributed by atoms with Gasteiger partial charge in [-0.2, -0.15) is 0 Å². The van der Waals surface area contributed by atoms with Crippen LogP contribution in [0.2, 0.25) is 5.15 Å². The van der Waals surface area contributed by atoms with Gasteiger partial charge in [-0.25, -0.2) is 0 Å². The molecule has 126 valence electrons. The Labute approximate surface area is 144 Å². The van der Waals surface area contributed by atoms with Gasteiger partial charge in [0.25, 0.3) is 0 Å². The summed E-state index contributed by atoms with van der Waals surface area (Å²) in [7, 11) is 0. The minimum atomic E-state index is 0.283. The van der Waals surface area contributed by atoms with Gasteiger partial charge in [0, 0.05) is 25.3 Å². The van der Waals surface area contributed by atoms with Crippen molar-refractivity contribution in [3.05, 3.63) is 29.6 Å². The quantitative estimate of drug-likeness (QED) is 0.837. The molecule has 0 aliphatic carbocycles. The Kier molecular flexibility index (Phi) is 4.54. The zero-order valence-corrected chi connectivity index (χ0v) is 15.2. The first-order valence-electron chi connectivity index (χ1n) is 8.52. The molecule has 2 saturated heterocycles. The average Bonchev–Trinajstić information content (AvgIpc) is 2.89. The summed E-state index contributed by atoms with van der Waals surface area (Å²) >= 11 is 5.87. The largest absolute Gasteiger partial charge is 0.373 e. The van der Waals surface area contributed by atoms with Gasteiger partial charge in [0.1, 0.15) is 0 Å². The van der Waals surface area contributed by atoms with E-state index in [9.17, 15) is 0 Å². The summed E-state index contributed by atoms with van der Waals surface area (Å²) in [5.41, 5.74) is 1.55. The Hall–Kier alpha value is -1.29. The molecule has 23 heavy (non-hydrogen) atoms. The smallest absolute Gasteiger partial charge is 0.151 e. The molecule has 2 atom stereocenters. The first kappa shape index (κ1) is 16.6. The maximum absolute atomic E-state index is 5.87. The van der Waals surface area contributed by atoms with Crippen molar-refractivity contribution < 1.29 is 0 Å². The predicted molar refractivity (Wildman–Crippen MR) is 95.7 cm³/mol. The molecule has 0 spiro atoms. The lowest BCUT2D eigenvalue weighted by Gasteiger charge is -2.41. The summed E-state index contributed by atoms with van der Waals surface area (Å²) in [4.78, 5) is 4.89. The van der Waals surface area contributed by atoms with E-state index in [1.165, 1.54) is 18.5 Å². The van der Waals surface area contributed by atoms with Crippen LogP contribution < -0.4 is 4.90 Å². The van der Waals surface area contributed by atoms with E-state index in [-0.39, 0.29) is 5.41 Å². The number of hydrogen-bond donors (Lipinski definition) is 0. The van der Waals surface area contributed by atoms with Gasteiger partial charge in [0.15, 0.2) is 11.0 Å². The lowest BCUT2D eigenvalue weighted by molar-refractivity contribution is 0.197. The molecule has 2 aliphatic rings. The molecule has 3 heterocycles. The van der Waals surface area contributed by atoms with Crippen LogP contribution in [0.3, 0.4) is 0 Å². The Balaban J connectivity index is 1.71. The van der Waals surface area contributed by atoms with Crippen molar-refractivity contribution in [2.45, 2.75) is 46.1 Å². The monoisotopic (exact) mass is 334 g/mol. The van der Waals surface area contributed by atoms with Gasteiger partial charge in [0.05, 0.1) is 6.04 Å². The molecule has 0 bridgehead atoms. The van der Waals surface area contributed by atoms with Crippen molar-refractivity contribution in [1.29, 1.82) is 0 Å². The highest BCUT2D eigenvalue weighted by Crippen LogP contribution is 2.36. The predicted octanol–water partition coefficient (Wildman–Crippen LogP) is 3.98. The van der Waals surface area contributed by atoms with Crippen LogP contribution in [0, 0.1) is 11.3 Å². The van der Waals surface area contributed by atoms with Crippen LogP contribution in [-0.4, -0.2) is 40.8 Å². The minimum Gasteiger partial charge on any atom is -0.373 e. The average molecular weight is 335 g/mol. The first-order valence-corrected chi connectivity index (χ1v) is 8.90. The zero-order valence-electron chi connectivity index (χ0n) is 14.4. The van der Waals surface area contributed by atoms with Gasteiger partial charge in [-0.3, -0.25) is 0 Å². The molecule has 0 aromatic carbocycles. The molecular weight excluding hydrogens is 308 g/mol.